The van der Waals surface area contributed by atoms with Crippen molar-refractivity contribution in [1.29, 1.82) is 0 Å². The molecule has 3 rings (SSSR count). The van der Waals surface area contributed by atoms with Crippen molar-refractivity contribution in [2.75, 3.05) is 12.4 Å². The summed E-state index contributed by atoms with van der Waals surface area (Å²) in [5.41, 5.74) is 5.94. The number of rotatable bonds is 3. The SMILES string of the molecule is COc1ccc(NC(=S)NNC(=O)c2sc3ccc(Cl)cc3c2Cl)cc1. The minimum atomic E-state index is -0.383. The van der Waals surface area contributed by atoms with Crippen molar-refractivity contribution < 1.29 is 9.53 Å². The van der Waals surface area contributed by atoms with Crippen LogP contribution in [0, 0.1) is 0 Å². The van der Waals surface area contributed by atoms with Crippen molar-refractivity contribution in [3.8, 4) is 5.75 Å². The first-order valence-corrected chi connectivity index (χ1v) is 9.35. The number of thiophene rings is 1. The van der Waals surface area contributed by atoms with Gasteiger partial charge in [-0.3, -0.25) is 15.6 Å². The molecule has 2 aromatic carbocycles. The van der Waals surface area contributed by atoms with E-state index < -0.39 is 0 Å². The van der Waals surface area contributed by atoms with Crippen LogP contribution in [0.5, 0.6) is 5.75 Å². The third-order valence-corrected chi connectivity index (χ3v) is 5.55. The molecule has 0 fully saturated rings. The Morgan fingerprint density at radius 3 is 2.54 bits per heavy atom. The largest absolute Gasteiger partial charge is 0.497 e. The predicted molar refractivity (Wildman–Crippen MR) is 112 cm³/mol. The number of halogens is 2. The zero-order chi connectivity index (χ0) is 18.7. The molecule has 3 aromatic rings. The van der Waals surface area contributed by atoms with Gasteiger partial charge in [-0.1, -0.05) is 23.2 Å². The number of hydrazine groups is 1. The first-order valence-electron chi connectivity index (χ1n) is 7.37. The smallest absolute Gasteiger partial charge is 0.281 e. The van der Waals surface area contributed by atoms with E-state index in [4.69, 9.17) is 40.2 Å². The molecule has 3 N–H and O–H groups in total. The highest BCUT2D eigenvalue weighted by molar-refractivity contribution is 7.80. The Morgan fingerprint density at radius 1 is 1.12 bits per heavy atom. The normalized spacial score (nSPS) is 10.4. The number of ether oxygens (including phenoxy) is 1. The molecule has 0 spiro atoms. The second-order valence-corrected chi connectivity index (χ2v) is 7.42. The van der Waals surface area contributed by atoms with E-state index in [1.54, 1.807) is 43.5 Å². The first kappa shape index (κ1) is 18.7. The molecule has 0 unspecified atom stereocenters. The fraction of sp³-hybridized carbons (Fsp3) is 0.0588. The van der Waals surface area contributed by atoms with E-state index in [9.17, 15) is 4.79 Å². The molecule has 0 saturated heterocycles. The average molecular weight is 426 g/mol. The summed E-state index contributed by atoms with van der Waals surface area (Å²) >= 11 is 18.7. The number of methoxy groups -OCH3 is 1. The zero-order valence-electron chi connectivity index (χ0n) is 13.4. The highest BCUT2D eigenvalue weighted by Crippen LogP contribution is 2.36. The lowest BCUT2D eigenvalue weighted by Gasteiger charge is -2.11. The lowest BCUT2D eigenvalue weighted by Crippen LogP contribution is -2.43. The molecular formula is C17H13Cl2N3O2S2. The maximum Gasteiger partial charge on any atom is 0.281 e. The molecule has 0 aliphatic heterocycles. The number of hydrogen-bond acceptors (Lipinski definition) is 4. The number of thiocarbonyl (C=S) groups is 1. The molecule has 0 radical (unpaired) electrons. The third-order valence-electron chi connectivity index (χ3n) is 3.43. The number of nitrogens with one attached hydrogen (secondary N) is 3. The molecular weight excluding hydrogens is 413 g/mol. The Morgan fingerprint density at radius 2 is 1.85 bits per heavy atom. The molecule has 1 heterocycles. The summed E-state index contributed by atoms with van der Waals surface area (Å²) in [6.45, 7) is 0. The van der Waals surface area contributed by atoms with E-state index in [2.05, 4.69) is 16.2 Å². The Balaban J connectivity index is 1.63. The molecule has 1 aromatic heterocycles. The second kappa shape index (κ2) is 8.09. The maximum atomic E-state index is 12.4. The van der Waals surface area contributed by atoms with Crippen LogP contribution < -0.4 is 20.9 Å². The van der Waals surface area contributed by atoms with Gasteiger partial charge in [-0.2, -0.15) is 0 Å². The summed E-state index contributed by atoms with van der Waals surface area (Å²) in [4.78, 5) is 12.8. The van der Waals surface area contributed by atoms with Gasteiger partial charge >= 0.3 is 0 Å². The lowest BCUT2D eigenvalue weighted by atomic mass is 10.2. The minimum absolute atomic E-state index is 0.240. The van der Waals surface area contributed by atoms with E-state index in [-0.39, 0.29) is 11.0 Å². The van der Waals surface area contributed by atoms with Crippen LogP contribution >= 0.6 is 46.8 Å². The lowest BCUT2D eigenvalue weighted by molar-refractivity contribution is 0.0948. The van der Waals surface area contributed by atoms with Crippen molar-refractivity contribution in [3.63, 3.8) is 0 Å². The Hall–Kier alpha value is -2.06. The van der Waals surface area contributed by atoms with Crippen LogP contribution in [0.15, 0.2) is 42.5 Å². The fourth-order valence-electron chi connectivity index (χ4n) is 2.19. The molecule has 0 saturated carbocycles. The van der Waals surface area contributed by atoms with Crippen molar-refractivity contribution in [1.82, 2.24) is 10.9 Å². The average Bonchev–Trinajstić information content (AvgIpc) is 2.97. The molecule has 0 aliphatic carbocycles. The monoisotopic (exact) mass is 425 g/mol. The summed E-state index contributed by atoms with van der Waals surface area (Å²) in [7, 11) is 1.59. The molecule has 0 aliphatic rings. The van der Waals surface area contributed by atoms with Crippen LogP contribution in [0.3, 0.4) is 0 Å². The van der Waals surface area contributed by atoms with E-state index >= 15 is 0 Å². The molecule has 134 valence electrons. The van der Waals surface area contributed by atoms with Crippen LogP contribution in [-0.4, -0.2) is 18.1 Å². The number of hydrogen-bond donors (Lipinski definition) is 3. The van der Waals surface area contributed by atoms with Gasteiger partial charge in [0.1, 0.15) is 10.6 Å². The Kier molecular flexibility index (Phi) is 5.83. The summed E-state index contributed by atoms with van der Waals surface area (Å²) in [5.74, 6) is 0.355. The second-order valence-electron chi connectivity index (χ2n) is 5.15. The van der Waals surface area contributed by atoms with Gasteiger partial charge in [0.15, 0.2) is 5.11 Å². The van der Waals surface area contributed by atoms with E-state index in [0.717, 1.165) is 21.5 Å². The summed E-state index contributed by atoms with van der Waals surface area (Å²) in [5, 5.41) is 4.86. The molecule has 9 heteroatoms. The molecule has 0 atom stereocenters. The molecule has 26 heavy (non-hydrogen) atoms. The quantitative estimate of drug-likeness (QED) is 0.413. The summed E-state index contributed by atoms with van der Waals surface area (Å²) < 4.78 is 5.97. The molecule has 1 amide bonds. The van der Waals surface area contributed by atoms with Gasteiger partial charge < -0.3 is 10.1 Å². The van der Waals surface area contributed by atoms with Crippen LogP contribution in [0.4, 0.5) is 5.69 Å². The molecule has 5 nitrogen and oxygen atoms in total. The fourth-order valence-corrected chi connectivity index (χ4v) is 3.92. The van der Waals surface area contributed by atoms with Crippen molar-refractivity contribution in [2.24, 2.45) is 0 Å². The van der Waals surface area contributed by atoms with Crippen molar-refractivity contribution in [2.45, 2.75) is 0 Å². The highest BCUT2D eigenvalue weighted by Gasteiger charge is 2.17. The van der Waals surface area contributed by atoms with Gasteiger partial charge in [0.2, 0.25) is 0 Å². The standard InChI is InChI=1S/C17H13Cl2N3O2S2/c1-24-11-5-3-10(4-6-11)20-17(25)22-21-16(23)15-14(19)12-8-9(18)2-7-13(12)26-15/h2-8H,1H3,(H,21,23)(H2,20,22,25). The number of carbonyl (C=O) groups excluding carboxylic acids is 1. The van der Waals surface area contributed by atoms with Crippen molar-refractivity contribution in [3.05, 3.63) is 57.4 Å². The van der Waals surface area contributed by atoms with Crippen LogP contribution in [0.1, 0.15) is 9.67 Å². The first-order chi connectivity index (χ1) is 12.5. The van der Waals surface area contributed by atoms with Gasteiger partial charge in [0.05, 0.1) is 12.1 Å². The van der Waals surface area contributed by atoms with Crippen LogP contribution in [-0.2, 0) is 0 Å². The minimum Gasteiger partial charge on any atom is -0.497 e. The third kappa shape index (κ3) is 4.19. The van der Waals surface area contributed by atoms with Gasteiger partial charge in [-0.25, -0.2) is 0 Å². The number of anilines is 1. The van der Waals surface area contributed by atoms with Gasteiger partial charge in [0, 0.05) is 20.8 Å². The van der Waals surface area contributed by atoms with E-state index in [1.807, 2.05) is 6.07 Å². The number of carbonyl (C=O) groups is 1. The maximum absolute atomic E-state index is 12.4. The Bertz CT molecular complexity index is 974. The summed E-state index contributed by atoms with van der Waals surface area (Å²) in [6.07, 6.45) is 0. The van der Waals surface area contributed by atoms with E-state index in [0.29, 0.717) is 14.9 Å². The molecule has 0 bridgehead atoms. The summed E-state index contributed by atoms with van der Waals surface area (Å²) in [6, 6.07) is 12.5. The van der Waals surface area contributed by atoms with Crippen LogP contribution in [0.25, 0.3) is 10.1 Å². The zero-order valence-corrected chi connectivity index (χ0v) is 16.6. The van der Waals surface area contributed by atoms with Gasteiger partial charge in [0.25, 0.3) is 5.91 Å². The number of amides is 1. The van der Waals surface area contributed by atoms with Gasteiger partial charge in [-0.05, 0) is 54.7 Å². The topological polar surface area (TPSA) is 62.4 Å². The van der Waals surface area contributed by atoms with Crippen LogP contribution in [0.2, 0.25) is 10.0 Å². The number of benzene rings is 2. The Labute approximate surface area is 169 Å². The number of fused-ring (bicyclic) bond motifs is 1. The van der Waals surface area contributed by atoms with E-state index in [1.165, 1.54) is 11.3 Å². The predicted octanol–water partition coefficient (Wildman–Crippen LogP) is 4.85. The van der Waals surface area contributed by atoms with Crippen molar-refractivity contribution >= 4 is 73.5 Å². The van der Waals surface area contributed by atoms with Gasteiger partial charge in [-0.15, -0.1) is 11.3 Å². The highest BCUT2D eigenvalue weighted by atomic mass is 35.5.